The third kappa shape index (κ3) is 5.03. The molecular weight excluding hydrogens is 356 g/mol. The second-order valence-corrected chi connectivity index (χ2v) is 7.29. The monoisotopic (exact) mass is 384 g/mol. The standard InChI is InChI=1S/C27H28O2/c1-3-5-14-23(28)19-27(29)25-17-16-21-12-8-9-15-24(21)26(25)18-22-13-7-6-11-20(22)10-4-2/h4,6-13,15-17,19,29H,3,5,14,18H2,1-2H3/b10-4-,27-19?. The number of fused-ring (bicyclic) bond motifs is 1. The van der Waals surface area contributed by atoms with Crippen molar-refractivity contribution in [3.05, 3.63) is 95.1 Å². The summed E-state index contributed by atoms with van der Waals surface area (Å²) in [5.74, 6) is 0.0214. The molecule has 2 nitrogen and oxygen atoms in total. The Morgan fingerprint density at radius 3 is 2.55 bits per heavy atom. The molecule has 0 unspecified atom stereocenters. The van der Waals surface area contributed by atoms with E-state index < -0.39 is 0 Å². The number of rotatable bonds is 8. The zero-order valence-electron chi connectivity index (χ0n) is 17.2. The van der Waals surface area contributed by atoms with E-state index in [1.54, 1.807) is 0 Å². The first-order chi connectivity index (χ1) is 14.1. The highest BCUT2D eigenvalue weighted by atomic mass is 16.3. The second kappa shape index (κ2) is 9.88. The van der Waals surface area contributed by atoms with Gasteiger partial charge in [-0.1, -0.05) is 86.2 Å². The third-order valence-electron chi connectivity index (χ3n) is 5.16. The van der Waals surface area contributed by atoms with Crippen LogP contribution in [0.5, 0.6) is 0 Å². The highest BCUT2D eigenvalue weighted by molar-refractivity contribution is 5.97. The molecule has 0 radical (unpaired) electrons. The molecule has 0 aliphatic heterocycles. The highest BCUT2D eigenvalue weighted by Crippen LogP contribution is 2.30. The maximum atomic E-state index is 12.2. The molecule has 148 valence electrons. The van der Waals surface area contributed by atoms with Crippen molar-refractivity contribution in [2.45, 2.75) is 39.5 Å². The van der Waals surface area contributed by atoms with Gasteiger partial charge in [-0.3, -0.25) is 4.79 Å². The predicted molar refractivity (Wildman–Crippen MR) is 123 cm³/mol. The molecule has 0 saturated heterocycles. The number of benzene rings is 3. The molecule has 0 fully saturated rings. The normalized spacial score (nSPS) is 12.0. The Bertz CT molecular complexity index is 1060. The Kier molecular flexibility index (Phi) is 7.02. The van der Waals surface area contributed by atoms with E-state index in [1.165, 1.54) is 11.6 Å². The maximum absolute atomic E-state index is 12.2. The zero-order chi connectivity index (χ0) is 20.6. The molecule has 0 aliphatic carbocycles. The Hall–Kier alpha value is -3.13. The SMILES string of the molecule is C/C=C\c1ccccc1Cc1c(C(O)=CC(=O)CCCC)ccc2ccccc12. The van der Waals surface area contributed by atoms with Gasteiger partial charge >= 0.3 is 0 Å². The van der Waals surface area contributed by atoms with E-state index in [0.29, 0.717) is 12.8 Å². The van der Waals surface area contributed by atoms with Crippen LogP contribution in [0.2, 0.25) is 0 Å². The summed E-state index contributed by atoms with van der Waals surface area (Å²) in [6, 6.07) is 20.4. The molecule has 3 rings (SSSR count). The van der Waals surface area contributed by atoms with Crippen LogP contribution in [-0.2, 0) is 11.2 Å². The Labute approximate surface area is 173 Å². The third-order valence-corrected chi connectivity index (χ3v) is 5.16. The molecule has 0 amide bonds. The van der Waals surface area contributed by atoms with Gasteiger partial charge < -0.3 is 5.11 Å². The minimum atomic E-state index is -0.0298. The Morgan fingerprint density at radius 2 is 1.76 bits per heavy atom. The molecular formula is C27H28O2. The van der Waals surface area contributed by atoms with Crippen molar-refractivity contribution >= 4 is 28.4 Å². The number of hydrogen-bond acceptors (Lipinski definition) is 2. The summed E-state index contributed by atoms with van der Waals surface area (Å²) in [7, 11) is 0. The molecule has 0 atom stereocenters. The minimum Gasteiger partial charge on any atom is -0.507 e. The fraction of sp³-hybridized carbons (Fsp3) is 0.222. The number of aliphatic hydroxyl groups is 1. The number of hydrogen-bond donors (Lipinski definition) is 1. The molecule has 3 aromatic rings. The number of carbonyl (C=O) groups is 1. The molecule has 0 aliphatic rings. The lowest BCUT2D eigenvalue weighted by molar-refractivity contribution is -0.114. The van der Waals surface area contributed by atoms with Crippen LogP contribution in [-0.4, -0.2) is 10.9 Å². The van der Waals surface area contributed by atoms with E-state index in [1.807, 2.05) is 49.4 Å². The van der Waals surface area contributed by atoms with Crippen LogP contribution in [0.1, 0.15) is 55.4 Å². The van der Waals surface area contributed by atoms with Gasteiger partial charge in [0.25, 0.3) is 0 Å². The average molecular weight is 385 g/mol. The largest absolute Gasteiger partial charge is 0.507 e. The van der Waals surface area contributed by atoms with E-state index in [9.17, 15) is 9.90 Å². The van der Waals surface area contributed by atoms with Gasteiger partial charge in [-0.2, -0.15) is 0 Å². The second-order valence-electron chi connectivity index (χ2n) is 7.29. The predicted octanol–water partition coefficient (Wildman–Crippen LogP) is 7.12. The van der Waals surface area contributed by atoms with Crippen LogP contribution in [0, 0.1) is 0 Å². The molecule has 3 aromatic carbocycles. The van der Waals surface area contributed by atoms with Gasteiger partial charge in [0, 0.05) is 18.1 Å². The topological polar surface area (TPSA) is 37.3 Å². The quantitative estimate of drug-likeness (QED) is 0.331. The van der Waals surface area contributed by atoms with Gasteiger partial charge in [-0.15, -0.1) is 0 Å². The molecule has 0 saturated carbocycles. The summed E-state index contributed by atoms with van der Waals surface area (Å²) in [5.41, 5.74) is 4.12. The van der Waals surface area contributed by atoms with Crippen LogP contribution in [0.4, 0.5) is 0 Å². The smallest absolute Gasteiger partial charge is 0.159 e. The number of carbonyl (C=O) groups excluding carboxylic acids is 1. The van der Waals surface area contributed by atoms with Gasteiger partial charge in [0.15, 0.2) is 5.78 Å². The van der Waals surface area contributed by atoms with Gasteiger partial charge in [-0.05, 0) is 47.2 Å². The minimum absolute atomic E-state index is 0.0298. The number of allylic oxidation sites excluding steroid dienone is 2. The summed E-state index contributed by atoms with van der Waals surface area (Å²) < 4.78 is 0. The van der Waals surface area contributed by atoms with Gasteiger partial charge in [0.1, 0.15) is 5.76 Å². The molecule has 0 heterocycles. The Balaban J connectivity index is 2.10. The lowest BCUT2D eigenvalue weighted by Crippen LogP contribution is -2.01. The number of ketones is 1. The molecule has 29 heavy (non-hydrogen) atoms. The van der Waals surface area contributed by atoms with Crippen molar-refractivity contribution in [2.24, 2.45) is 0 Å². The van der Waals surface area contributed by atoms with E-state index in [-0.39, 0.29) is 11.5 Å². The van der Waals surface area contributed by atoms with Crippen molar-refractivity contribution in [2.75, 3.05) is 0 Å². The van der Waals surface area contributed by atoms with E-state index in [2.05, 4.69) is 37.3 Å². The van der Waals surface area contributed by atoms with Crippen LogP contribution < -0.4 is 0 Å². The summed E-state index contributed by atoms with van der Waals surface area (Å²) in [6.07, 6.45) is 8.47. The molecule has 0 aromatic heterocycles. The Morgan fingerprint density at radius 1 is 1.00 bits per heavy atom. The fourth-order valence-electron chi connectivity index (χ4n) is 3.65. The average Bonchev–Trinajstić information content (AvgIpc) is 2.74. The van der Waals surface area contributed by atoms with Gasteiger partial charge in [0.05, 0.1) is 0 Å². The summed E-state index contributed by atoms with van der Waals surface area (Å²) in [5, 5.41) is 13.0. The lowest BCUT2D eigenvalue weighted by Gasteiger charge is -2.15. The first-order valence-corrected chi connectivity index (χ1v) is 10.3. The van der Waals surface area contributed by atoms with Crippen LogP contribution in [0.15, 0.2) is 72.8 Å². The van der Waals surface area contributed by atoms with E-state index >= 15 is 0 Å². The van der Waals surface area contributed by atoms with Crippen LogP contribution in [0.3, 0.4) is 0 Å². The molecule has 1 N–H and O–H groups in total. The zero-order valence-corrected chi connectivity index (χ0v) is 17.2. The van der Waals surface area contributed by atoms with E-state index in [4.69, 9.17) is 0 Å². The summed E-state index contributed by atoms with van der Waals surface area (Å²) in [4.78, 5) is 12.2. The number of aliphatic hydroxyl groups excluding tert-OH is 1. The summed E-state index contributed by atoms with van der Waals surface area (Å²) in [6.45, 7) is 4.07. The van der Waals surface area contributed by atoms with Crippen molar-refractivity contribution in [3.8, 4) is 0 Å². The van der Waals surface area contributed by atoms with Gasteiger partial charge in [0.2, 0.25) is 0 Å². The molecule has 2 heteroatoms. The van der Waals surface area contributed by atoms with E-state index in [0.717, 1.165) is 40.3 Å². The maximum Gasteiger partial charge on any atom is 0.159 e. The molecule has 0 spiro atoms. The van der Waals surface area contributed by atoms with Crippen molar-refractivity contribution in [1.29, 1.82) is 0 Å². The highest BCUT2D eigenvalue weighted by Gasteiger charge is 2.14. The first kappa shape index (κ1) is 20.6. The number of unbranched alkanes of at least 4 members (excludes halogenated alkanes) is 1. The fourth-order valence-corrected chi connectivity index (χ4v) is 3.65. The van der Waals surface area contributed by atoms with Crippen LogP contribution in [0.25, 0.3) is 22.6 Å². The first-order valence-electron chi connectivity index (χ1n) is 10.3. The lowest BCUT2D eigenvalue weighted by atomic mass is 9.90. The molecule has 0 bridgehead atoms. The van der Waals surface area contributed by atoms with Crippen molar-refractivity contribution in [1.82, 2.24) is 0 Å². The van der Waals surface area contributed by atoms with Crippen molar-refractivity contribution < 1.29 is 9.90 Å². The van der Waals surface area contributed by atoms with Gasteiger partial charge in [-0.25, -0.2) is 0 Å². The van der Waals surface area contributed by atoms with Crippen molar-refractivity contribution in [3.63, 3.8) is 0 Å². The summed E-state index contributed by atoms with van der Waals surface area (Å²) >= 11 is 0. The van der Waals surface area contributed by atoms with Crippen LogP contribution >= 0.6 is 0 Å².